The highest BCUT2D eigenvalue weighted by molar-refractivity contribution is 6.74. The SMILES string of the molecule is CC[C@@H](O)[C@H]1O[C@@](C)(OC)[C@](C)(OC)O[C@H]1CO[Si](C)(C)C(C)(C)C. The smallest absolute Gasteiger partial charge is 0.220 e. The Bertz CT molecular complexity index is 438. The molecular weight excluding hydrogens is 340 g/mol. The summed E-state index contributed by atoms with van der Waals surface area (Å²) in [6.07, 6.45) is -1.13. The fourth-order valence-electron chi connectivity index (χ4n) is 2.57. The zero-order valence-corrected chi connectivity index (χ0v) is 18.6. The van der Waals surface area contributed by atoms with E-state index in [0.29, 0.717) is 13.0 Å². The molecule has 0 aromatic carbocycles. The van der Waals surface area contributed by atoms with Crippen LogP contribution in [0, 0.1) is 0 Å². The number of ether oxygens (including phenoxy) is 4. The van der Waals surface area contributed by atoms with Gasteiger partial charge in [0.25, 0.3) is 0 Å². The highest BCUT2D eigenvalue weighted by Crippen LogP contribution is 2.42. The van der Waals surface area contributed by atoms with Crippen molar-refractivity contribution in [3.8, 4) is 0 Å². The summed E-state index contributed by atoms with van der Waals surface area (Å²) in [6, 6.07) is 0. The second-order valence-electron chi connectivity index (χ2n) is 8.59. The number of aliphatic hydroxyl groups is 1. The highest BCUT2D eigenvalue weighted by atomic mass is 28.4. The minimum atomic E-state index is -1.95. The van der Waals surface area contributed by atoms with Crippen molar-refractivity contribution in [3.63, 3.8) is 0 Å². The van der Waals surface area contributed by atoms with Gasteiger partial charge in [0.1, 0.15) is 12.2 Å². The van der Waals surface area contributed by atoms with Crippen molar-refractivity contribution < 1.29 is 28.5 Å². The van der Waals surface area contributed by atoms with Crippen LogP contribution in [0.5, 0.6) is 0 Å². The Hall–Kier alpha value is -0.0231. The second kappa shape index (κ2) is 7.92. The number of hydrogen-bond donors (Lipinski definition) is 1. The van der Waals surface area contributed by atoms with E-state index in [2.05, 4.69) is 33.9 Å². The molecule has 1 saturated heterocycles. The largest absolute Gasteiger partial charge is 0.414 e. The summed E-state index contributed by atoms with van der Waals surface area (Å²) in [4.78, 5) is 0. The third-order valence-electron chi connectivity index (χ3n) is 5.92. The lowest BCUT2D eigenvalue weighted by Gasteiger charge is -2.53. The van der Waals surface area contributed by atoms with Gasteiger partial charge in [-0.2, -0.15) is 0 Å². The van der Waals surface area contributed by atoms with Crippen molar-refractivity contribution >= 4 is 8.32 Å². The summed E-state index contributed by atoms with van der Waals surface area (Å²) in [5.41, 5.74) is 0. The molecule has 1 N–H and O–H groups in total. The molecule has 0 bridgehead atoms. The van der Waals surface area contributed by atoms with E-state index in [9.17, 15) is 5.11 Å². The molecule has 0 aromatic rings. The Kier molecular flexibility index (Phi) is 7.29. The van der Waals surface area contributed by atoms with Gasteiger partial charge in [-0.1, -0.05) is 27.7 Å². The molecule has 1 fully saturated rings. The molecular formula is C18H38O6Si. The first-order valence-electron chi connectivity index (χ1n) is 9.05. The fraction of sp³-hybridized carbons (Fsp3) is 1.00. The molecule has 1 rings (SSSR count). The van der Waals surface area contributed by atoms with Crippen LogP contribution in [0.4, 0.5) is 0 Å². The van der Waals surface area contributed by atoms with Crippen LogP contribution in [0.15, 0.2) is 0 Å². The quantitative estimate of drug-likeness (QED) is 0.686. The molecule has 25 heavy (non-hydrogen) atoms. The number of aliphatic hydroxyl groups excluding tert-OH is 1. The zero-order valence-electron chi connectivity index (χ0n) is 17.6. The Morgan fingerprint density at radius 2 is 1.56 bits per heavy atom. The van der Waals surface area contributed by atoms with Gasteiger partial charge in [-0.15, -0.1) is 0 Å². The maximum atomic E-state index is 10.5. The van der Waals surface area contributed by atoms with E-state index in [1.54, 1.807) is 28.1 Å². The van der Waals surface area contributed by atoms with Gasteiger partial charge < -0.3 is 28.5 Å². The van der Waals surface area contributed by atoms with E-state index in [1.807, 2.05) is 6.92 Å². The number of hydrogen-bond acceptors (Lipinski definition) is 6. The molecule has 0 saturated carbocycles. The molecule has 7 heteroatoms. The van der Waals surface area contributed by atoms with Crippen LogP contribution >= 0.6 is 0 Å². The highest BCUT2D eigenvalue weighted by Gasteiger charge is 2.58. The van der Waals surface area contributed by atoms with Gasteiger partial charge in [-0.3, -0.25) is 0 Å². The van der Waals surface area contributed by atoms with Crippen LogP contribution in [-0.2, 0) is 23.4 Å². The lowest BCUT2D eigenvalue weighted by molar-refractivity contribution is -0.455. The van der Waals surface area contributed by atoms with Gasteiger partial charge >= 0.3 is 0 Å². The van der Waals surface area contributed by atoms with E-state index >= 15 is 0 Å². The van der Waals surface area contributed by atoms with Crippen molar-refractivity contribution in [2.45, 2.75) is 96.0 Å². The molecule has 0 aromatic heterocycles. The maximum absolute atomic E-state index is 10.5. The molecule has 0 unspecified atom stereocenters. The first-order chi connectivity index (χ1) is 11.3. The van der Waals surface area contributed by atoms with Crippen LogP contribution in [0.25, 0.3) is 0 Å². The van der Waals surface area contributed by atoms with Gasteiger partial charge in [-0.25, -0.2) is 0 Å². The second-order valence-corrected chi connectivity index (χ2v) is 13.4. The maximum Gasteiger partial charge on any atom is 0.220 e. The molecule has 0 radical (unpaired) electrons. The Morgan fingerprint density at radius 1 is 1.08 bits per heavy atom. The summed E-state index contributed by atoms with van der Waals surface area (Å²) in [7, 11) is 1.15. The third kappa shape index (κ3) is 4.64. The van der Waals surface area contributed by atoms with Gasteiger partial charge in [0, 0.05) is 14.2 Å². The normalized spacial score (nSPS) is 35.6. The molecule has 5 atom stereocenters. The average molecular weight is 379 g/mol. The predicted molar refractivity (Wildman–Crippen MR) is 100 cm³/mol. The van der Waals surface area contributed by atoms with Crippen LogP contribution in [-0.4, -0.2) is 64.1 Å². The first kappa shape index (κ1) is 23.0. The summed E-state index contributed by atoms with van der Waals surface area (Å²) in [5.74, 6) is -2.23. The molecule has 0 aliphatic carbocycles. The lowest BCUT2D eigenvalue weighted by atomic mass is 9.99. The van der Waals surface area contributed by atoms with Crippen LogP contribution in [0.1, 0.15) is 48.0 Å². The molecule has 1 aliphatic rings. The molecule has 0 amide bonds. The van der Waals surface area contributed by atoms with Gasteiger partial charge in [0.15, 0.2) is 8.32 Å². The van der Waals surface area contributed by atoms with Crippen LogP contribution in [0.3, 0.4) is 0 Å². The zero-order chi connectivity index (χ0) is 19.7. The van der Waals surface area contributed by atoms with Crippen molar-refractivity contribution in [2.24, 2.45) is 0 Å². The fourth-order valence-corrected chi connectivity index (χ4v) is 3.58. The van der Waals surface area contributed by atoms with E-state index < -0.39 is 38.2 Å². The number of methoxy groups -OCH3 is 2. The van der Waals surface area contributed by atoms with Crippen LogP contribution < -0.4 is 0 Å². The Balaban J connectivity index is 3.05. The van der Waals surface area contributed by atoms with E-state index in [4.69, 9.17) is 23.4 Å². The topological polar surface area (TPSA) is 66.4 Å². The first-order valence-corrected chi connectivity index (χ1v) is 12.0. The van der Waals surface area contributed by atoms with E-state index in [0.717, 1.165) is 0 Å². The van der Waals surface area contributed by atoms with Crippen LogP contribution in [0.2, 0.25) is 18.1 Å². The van der Waals surface area contributed by atoms with Crippen molar-refractivity contribution in [1.29, 1.82) is 0 Å². The monoisotopic (exact) mass is 378 g/mol. The van der Waals surface area contributed by atoms with E-state index in [1.165, 1.54) is 0 Å². The minimum Gasteiger partial charge on any atom is -0.414 e. The van der Waals surface area contributed by atoms with Crippen molar-refractivity contribution in [3.05, 3.63) is 0 Å². The average Bonchev–Trinajstić information content (AvgIpc) is 2.53. The van der Waals surface area contributed by atoms with Crippen molar-refractivity contribution in [1.82, 2.24) is 0 Å². The number of rotatable bonds is 7. The summed E-state index contributed by atoms with van der Waals surface area (Å²) < 4.78 is 29.8. The van der Waals surface area contributed by atoms with Gasteiger partial charge in [0.05, 0.1) is 12.7 Å². The molecule has 1 aliphatic heterocycles. The molecule has 6 nitrogen and oxygen atoms in total. The predicted octanol–water partition coefficient (Wildman–Crippen LogP) is 3.29. The lowest BCUT2D eigenvalue weighted by Crippen LogP contribution is -2.68. The van der Waals surface area contributed by atoms with Gasteiger partial charge in [-0.05, 0) is 38.4 Å². The Labute approximate surface area is 154 Å². The third-order valence-corrected chi connectivity index (χ3v) is 10.4. The van der Waals surface area contributed by atoms with E-state index in [-0.39, 0.29) is 5.04 Å². The minimum absolute atomic E-state index is 0.0903. The molecule has 1 heterocycles. The summed E-state index contributed by atoms with van der Waals surface area (Å²) in [6.45, 7) is 16.8. The van der Waals surface area contributed by atoms with Gasteiger partial charge in [0.2, 0.25) is 11.6 Å². The molecule has 0 spiro atoms. The van der Waals surface area contributed by atoms with Crippen molar-refractivity contribution in [2.75, 3.05) is 20.8 Å². The standard InChI is InChI=1S/C18H38O6Si/c1-11-13(19)15-14(12-22-25(9,10)16(2,3)4)23-17(5,20-7)18(6,21-8)24-15/h13-15,19H,11-12H2,1-10H3/t13-,14+,15-,17-,18-/m1/s1. The Morgan fingerprint density at radius 3 is 1.96 bits per heavy atom. The summed E-state index contributed by atoms with van der Waals surface area (Å²) in [5, 5.41) is 10.6. The molecule has 150 valence electrons. The summed E-state index contributed by atoms with van der Waals surface area (Å²) >= 11 is 0.